The Morgan fingerprint density at radius 1 is 1.14 bits per heavy atom. The molecule has 1 aromatic heterocycles. The summed E-state index contributed by atoms with van der Waals surface area (Å²) in [7, 11) is 0. The molecule has 1 heterocycles. The first kappa shape index (κ1) is 21.7. The summed E-state index contributed by atoms with van der Waals surface area (Å²) in [4.78, 5) is 23.2. The van der Waals surface area contributed by atoms with E-state index in [0.717, 1.165) is 17.0 Å². The molecule has 6 nitrogen and oxygen atoms in total. The van der Waals surface area contributed by atoms with Gasteiger partial charge in [0, 0.05) is 18.7 Å². The van der Waals surface area contributed by atoms with Crippen molar-refractivity contribution in [1.29, 1.82) is 0 Å². The molecule has 1 aromatic carbocycles. The lowest BCUT2D eigenvalue weighted by Crippen LogP contribution is -2.32. The van der Waals surface area contributed by atoms with Crippen LogP contribution in [0.3, 0.4) is 0 Å². The van der Waals surface area contributed by atoms with Gasteiger partial charge in [-0.1, -0.05) is 29.8 Å². The van der Waals surface area contributed by atoms with Crippen molar-refractivity contribution >= 4 is 11.9 Å². The van der Waals surface area contributed by atoms with Crippen molar-refractivity contribution in [2.45, 2.75) is 60.4 Å². The Kier molecular flexibility index (Phi) is 7.00. The smallest absolute Gasteiger partial charge is 0.309 e. The minimum Gasteiger partial charge on any atom is -0.481 e. The number of aryl methyl sites for hydroxylation is 2. The Balaban J connectivity index is 1.90. The molecule has 0 aliphatic heterocycles. The molecule has 2 N–H and O–H groups in total. The Morgan fingerprint density at radius 3 is 2.39 bits per heavy atom. The average molecular weight is 386 g/mol. The molecule has 2 rings (SSSR count). The van der Waals surface area contributed by atoms with E-state index in [2.05, 4.69) is 41.6 Å². The summed E-state index contributed by atoms with van der Waals surface area (Å²) in [6.45, 7) is 10.5. The summed E-state index contributed by atoms with van der Waals surface area (Å²) in [5.41, 5.74) is 4.73. The van der Waals surface area contributed by atoms with E-state index >= 15 is 0 Å². The monoisotopic (exact) mass is 385 g/mol. The molecular formula is C22H31N3O3. The highest BCUT2D eigenvalue weighted by Gasteiger charge is 2.26. The lowest BCUT2D eigenvalue weighted by molar-refractivity contribution is -0.147. The number of carboxylic acid groups (broad SMARTS) is 1. The lowest BCUT2D eigenvalue weighted by Gasteiger charge is -2.18. The summed E-state index contributed by atoms with van der Waals surface area (Å²) in [5, 5.41) is 16.6. The number of aromatic nitrogens is 2. The van der Waals surface area contributed by atoms with Gasteiger partial charge in [-0.15, -0.1) is 0 Å². The first-order valence-electron chi connectivity index (χ1n) is 9.68. The normalized spacial score (nSPS) is 11.5. The third-order valence-electron chi connectivity index (χ3n) is 5.24. The van der Waals surface area contributed by atoms with Crippen LogP contribution in [0.25, 0.3) is 0 Å². The number of nitrogens with one attached hydrogen (secondary N) is 1. The minimum atomic E-state index is -0.853. The van der Waals surface area contributed by atoms with Crippen molar-refractivity contribution in [1.82, 2.24) is 15.1 Å². The van der Waals surface area contributed by atoms with E-state index in [1.54, 1.807) is 13.8 Å². The second kappa shape index (κ2) is 9.04. The van der Waals surface area contributed by atoms with Crippen LogP contribution in [0.15, 0.2) is 24.3 Å². The number of carbonyl (C=O) groups is 2. The van der Waals surface area contributed by atoms with Crippen LogP contribution in [0.2, 0.25) is 0 Å². The van der Waals surface area contributed by atoms with Crippen LogP contribution in [0, 0.1) is 26.2 Å². The van der Waals surface area contributed by atoms with Gasteiger partial charge < -0.3 is 10.4 Å². The van der Waals surface area contributed by atoms with Crippen LogP contribution in [-0.4, -0.2) is 33.3 Å². The molecule has 0 saturated heterocycles. The largest absolute Gasteiger partial charge is 0.481 e. The van der Waals surface area contributed by atoms with Crippen molar-refractivity contribution in [2.75, 3.05) is 6.54 Å². The molecule has 6 heteroatoms. The maximum absolute atomic E-state index is 12.1. The number of carboxylic acids is 1. The van der Waals surface area contributed by atoms with Crippen LogP contribution < -0.4 is 5.32 Å². The van der Waals surface area contributed by atoms with Gasteiger partial charge >= 0.3 is 5.97 Å². The van der Waals surface area contributed by atoms with Crippen LogP contribution in [-0.2, 0) is 22.6 Å². The molecule has 0 aliphatic carbocycles. The van der Waals surface area contributed by atoms with Crippen LogP contribution in [0.4, 0.5) is 0 Å². The maximum atomic E-state index is 12.1. The number of aliphatic carboxylic acids is 1. The molecule has 2 aromatic rings. The second-order valence-corrected chi connectivity index (χ2v) is 8.08. The Bertz CT molecular complexity index is 835. The molecule has 0 radical (unpaired) electrons. The molecule has 28 heavy (non-hydrogen) atoms. The average Bonchev–Trinajstić information content (AvgIpc) is 2.88. The third kappa shape index (κ3) is 5.68. The van der Waals surface area contributed by atoms with Crippen molar-refractivity contribution < 1.29 is 14.7 Å². The van der Waals surface area contributed by atoms with Crippen LogP contribution >= 0.6 is 0 Å². The molecule has 0 bridgehead atoms. The fraction of sp³-hybridized carbons (Fsp3) is 0.500. The fourth-order valence-corrected chi connectivity index (χ4v) is 3.06. The van der Waals surface area contributed by atoms with Gasteiger partial charge in [0.1, 0.15) is 0 Å². The van der Waals surface area contributed by atoms with Crippen molar-refractivity contribution in [3.8, 4) is 0 Å². The second-order valence-electron chi connectivity index (χ2n) is 8.08. The molecule has 0 aliphatic rings. The van der Waals surface area contributed by atoms with Gasteiger partial charge in [-0.25, -0.2) is 0 Å². The van der Waals surface area contributed by atoms with E-state index in [4.69, 9.17) is 5.11 Å². The Labute approximate surface area is 167 Å². The zero-order valence-electron chi connectivity index (χ0n) is 17.5. The highest BCUT2D eigenvalue weighted by atomic mass is 16.4. The highest BCUT2D eigenvalue weighted by molar-refractivity contribution is 5.76. The first-order chi connectivity index (χ1) is 13.1. The minimum absolute atomic E-state index is 0.0636. The first-order valence-corrected chi connectivity index (χ1v) is 9.68. The van der Waals surface area contributed by atoms with Gasteiger partial charge in [-0.2, -0.15) is 5.10 Å². The third-order valence-corrected chi connectivity index (χ3v) is 5.24. The summed E-state index contributed by atoms with van der Waals surface area (Å²) in [6, 6.07) is 8.41. The fourth-order valence-electron chi connectivity index (χ4n) is 3.06. The molecule has 152 valence electrons. The van der Waals surface area contributed by atoms with Crippen molar-refractivity contribution in [3.05, 3.63) is 52.3 Å². The van der Waals surface area contributed by atoms with Gasteiger partial charge in [0.25, 0.3) is 0 Å². The SMILES string of the molecule is Cc1ccc(Cn2nc(C)c(CCC(=O)NCCC(C)(C)C(=O)O)c2C)cc1. The quantitative estimate of drug-likeness (QED) is 0.693. The molecule has 0 spiro atoms. The zero-order chi connectivity index (χ0) is 20.9. The van der Waals surface area contributed by atoms with E-state index < -0.39 is 11.4 Å². The van der Waals surface area contributed by atoms with E-state index in [9.17, 15) is 9.59 Å². The zero-order valence-corrected chi connectivity index (χ0v) is 17.5. The summed E-state index contributed by atoms with van der Waals surface area (Å²) in [6.07, 6.45) is 1.39. The Morgan fingerprint density at radius 2 is 1.79 bits per heavy atom. The predicted octanol–water partition coefficient (Wildman–Crippen LogP) is 3.41. The van der Waals surface area contributed by atoms with Gasteiger partial charge in [-0.05, 0) is 58.6 Å². The molecule has 0 unspecified atom stereocenters. The molecular weight excluding hydrogens is 354 g/mol. The number of benzene rings is 1. The number of rotatable bonds is 9. The van der Waals surface area contributed by atoms with Crippen molar-refractivity contribution in [3.63, 3.8) is 0 Å². The van der Waals surface area contributed by atoms with E-state index in [-0.39, 0.29) is 5.91 Å². The number of carbonyl (C=O) groups excluding carboxylic acids is 1. The molecule has 0 saturated carbocycles. The standard InChI is InChI=1S/C22H31N3O3/c1-15-6-8-18(9-7-15)14-25-17(3)19(16(2)24-25)10-11-20(26)23-13-12-22(4,5)21(27)28/h6-9H,10-14H2,1-5H3,(H,23,26)(H,27,28). The van der Waals surface area contributed by atoms with E-state index in [1.165, 1.54) is 11.1 Å². The number of hydrogen-bond donors (Lipinski definition) is 2. The highest BCUT2D eigenvalue weighted by Crippen LogP contribution is 2.20. The van der Waals surface area contributed by atoms with Gasteiger partial charge in [0.05, 0.1) is 17.7 Å². The van der Waals surface area contributed by atoms with Gasteiger partial charge in [0.2, 0.25) is 5.91 Å². The van der Waals surface area contributed by atoms with E-state index in [1.807, 2.05) is 18.5 Å². The number of nitrogens with zero attached hydrogens (tertiary/aromatic N) is 2. The molecule has 1 amide bonds. The maximum Gasteiger partial charge on any atom is 0.309 e. The summed E-state index contributed by atoms with van der Waals surface area (Å²) in [5.74, 6) is -0.916. The van der Waals surface area contributed by atoms with Gasteiger partial charge in [0.15, 0.2) is 0 Å². The number of hydrogen-bond acceptors (Lipinski definition) is 3. The predicted molar refractivity (Wildman–Crippen MR) is 109 cm³/mol. The van der Waals surface area contributed by atoms with Crippen LogP contribution in [0.1, 0.15) is 54.8 Å². The number of amides is 1. The summed E-state index contributed by atoms with van der Waals surface area (Å²) < 4.78 is 1.99. The summed E-state index contributed by atoms with van der Waals surface area (Å²) >= 11 is 0. The Hall–Kier alpha value is -2.63. The van der Waals surface area contributed by atoms with Crippen LogP contribution in [0.5, 0.6) is 0 Å². The van der Waals surface area contributed by atoms with Crippen molar-refractivity contribution in [2.24, 2.45) is 5.41 Å². The molecule has 0 atom stereocenters. The molecule has 0 fully saturated rings. The van der Waals surface area contributed by atoms with Gasteiger partial charge in [-0.3, -0.25) is 14.3 Å². The van der Waals surface area contributed by atoms with E-state index in [0.29, 0.717) is 32.4 Å². The lowest BCUT2D eigenvalue weighted by atomic mass is 9.90. The topological polar surface area (TPSA) is 84.2 Å².